The highest BCUT2D eigenvalue weighted by Crippen LogP contribution is 2.24. The molecular weight excluding hydrogens is 240 g/mol. The minimum Gasteiger partial charge on any atom is -0.496 e. The molecule has 2 rings (SSSR count). The van der Waals surface area contributed by atoms with Gasteiger partial charge in [0.15, 0.2) is 0 Å². The maximum Gasteiger partial charge on any atom is 0.255 e. The van der Waals surface area contributed by atoms with Crippen LogP contribution in [0.4, 0.5) is 5.69 Å². The van der Waals surface area contributed by atoms with Gasteiger partial charge in [-0.05, 0) is 37.0 Å². The number of hydrogen-bond donors (Lipinski definition) is 2. The van der Waals surface area contributed by atoms with Gasteiger partial charge in [-0.2, -0.15) is 0 Å². The number of rotatable bonds is 4. The predicted molar refractivity (Wildman–Crippen MR) is 76.3 cm³/mol. The minimum atomic E-state index is -0.102. The third kappa shape index (κ3) is 3.63. The van der Waals surface area contributed by atoms with Gasteiger partial charge in [-0.3, -0.25) is 4.79 Å². The van der Waals surface area contributed by atoms with Crippen LogP contribution in [0.1, 0.15) is 42.5 Å². The molecule has 19 heavy (non-hydrogen) atoms. The number of nitrogens with one attached hydrogen (secondary N) is 1. The van der Waals surface area contributed by atoms with Crippen LogP contribution in [0.25, 0.3) is 0 Å². The summed E-state index contributed by atoms with van der Waals surface area (Å²) >= 11 is 0. The number of amides is 1. The summed E-state index contributed by atoms with van der Waals surface area (Å²) in [6, 6.07) is 5.12. The fraction of sp³-hybridized carbons (Fsp3) is 0.533. The van der Waals surface area contributed by atoms with Crippen molar-refractivity contribution >= 4 is 11.6 Å². The van der Waals surface area contributed by atoms with Crippen LogP contribution in [-0.2, 0) is 0 Å². The van der Waals surface area contributed by atoms with Gasteiger partial charge in [0.25, 0.3) is 5.91 Å². The molecule has 0 spiro atoms. The van der Waals surface area contributed by atoms with Crippen molar-refractivity contribution in [1.82, 2.24) is 5.32 Å². The van der Waals surface area contributed by atoms with Crippen LogP contribution >= 0.6 is 0 Å². The largest absolute Gasteiger partial charge is 0.496 e. The average molecular weight is 262 g/mol. The van der Waals surface area contributed by atoms with Crippen LogP contribution in [0.3, 0.4) is 0 Å². The number of carbonyl (C=O) groups is 1. The smallest absolute Gasteiger partial charge is 0.255 e. The molecule has 1 aliphatic rings. The highest BCUT2D eigenvalue weighted by atomic mass is 16.5. The summed E-state index contributed by atoms with van der Waals surface area (Å²) in [6.07, 6.45) is 6.32. The number of nitrogen functional groups attached to an aromatic ring is 1. The number of nitrogens with two attached hydrogens (primary N) is 1. The van der Waals surface area contributed by atoms with Gasteiger partial charge in [0.05, 0.1) is 12.7 Å². The topological polar surface area (TPSA) is 64.3 Å². The number of ether oxygens (including phenoxy) is 1. The molecule has 0 unspecified atom stereocenters. The van der Waals surface area contributed by atoms with Crippen molar-refractivity contribution in [2.75, 3.05) is 19.4 Å². The van der Waals surface area contributed by atoms with Gasteiger partial charge in [0.2, 0.25) is 0 Å². The van der Waals surface area contributed by atoms with Crippen molar-refractivity contribution in [3.05, 3.63) is 23.8 Å². The molecule has 0 atom stereocenters. The molecule has 0 bridgehead atoms. The molecule has 1 aliphatic carbocycles. The normalized spacial score (nSPS) is 16.1. The Morgan fingerprint density at radius 1 is 1.37 bits per heavy atom. The summed E-state index contributed by atoms with van der Waals surface area (Å²) in [7, 11) is 1.56. The fourth-order valence-electron chi connectivity index (χ4n) is 2.63. The molecular formula is C15H22N2O2. The summed E-state index contributed by atoms with van der Waals surface area (Å²) in [4.78, 5) is 12.2. The first kappa shape index (κ1) is 13.7. The second-order valence-electron chi connectivity index (χ2n) is 5.17. The summed E-state index contributed by atoms with van der Waals surface area (Å²) in [6.45, 7) is 0.747. The Balaban J connectivity index is 1.97. The Morgan fingerprint density at radius 3 is 2.79 bits per heavy atom. The Bertz CT molecular complexity index is 440. The summed E-state index contributed by atoms with van der Waals surface area (Å²) < 4.78 is 5.20. The summed E-state index contributed by atoms with van der Waals surface area (Å²) in [5, 5.41) is 3.00. The Kier molecular flexibility index (Phi) is 4.66. The van der Waals surface area contributed by atoms with Crippen LogP contribution in [-0.4, -0.2) is 19.6 Å². The van der Waals surface area contributed by atoms with Crippen LogP contribution in [0, 0.1) is 5.92 Å². The van der Waals surface area contributed by atoms with Crippen LogP contribution in [0.15, 0.2) is 18.2 Å². The second-order valence-corrected chi connectivity index (χ2v) is 5.17. The third-order valence-corrected chi connectivity index (χ3v) is 3.74. The molecule has 1 amide bonds. The third-order valence-electron chi connectivity index (χ3n) is 3.74. The number of anilines is 1. The highest BCUT2D eigenvalue weighted by Gasteiger charge is 2.17. The SMILES string of the molecule is COc1ccc(N)cc1C(=O)NCC1CCCCC1. The zero-order chi connectivity index (χ0) is 13.7. The molecule has 3 N–H and O–H groups in total. The standard InChI is InChI=1S/C15H22N2O2/c1-19-14-8-7-12(16)9-13(14)15(18)17-10-11-5-3-2-4-6-11/h7-9,11H,2-6,10,16H2,1H3,(H,17,18). The zero-order valence-electron chi connectivity index (χ0n) is 11.4. The first-order valence-electron chi connectivity index (χ1n) is 6.92. The fourth-order valence-corrected chi connectivity index (χ4v) is 2.63. The predicted octanol–water partition coefficient (Wildman–Crippen LogP) is 2.59. The molecule has 104 valence electrons. The monoisotopic (exact) mass is 262 g/mol. The van der Waals surface area contributed by atoms with Crippen molar-refractivity contribution in [1.29, 1.82) is 0 Å². The molecule has 1 aromatic rings. The van der Waals surface area contributed by atoms with Crippen molar-refractivity contribution in [3.8, 4) is 5.75 Å². The molecule has 0 aliphatic heterocycles. The molecule has 0 radical (unpaired) electrons. The van der Waals surface area contributed by atoms with Gasteiger partial charge in [0.1, 0.15) is 5.75 Å². The Labute approximate surface area is 114 Å². The van der Waals surface area contributed by atoms with Gasteiger partial charge in [-0.25, -0.2) is 0 Å². The second kappa shape index (κ2) is 6.45. The van der Waals surface area contributed by atoms with Crippen molar-refractivity contribution in [3.63, 3.8) is 0 Å². The van der Waals surface area contributed by atoms with E-state index in [4.69, 9.17) is 10.5 Å². The number of hydrogen-bond acceptors (Lipinski definition) is 3. The van der Waals surface area contributed by atoms with Crippen LogP contribution in [0.5, 0.6) is 5.75 Å². The van der Waals surface area contributed by atoms with Gasteiger partial charge in [-0.15, -0.1) is 0 Å². The van der Waals surface area contributed by atoms with E-state index in [0.717, 1.165) is 6.54 Å². The van der Waals surface area contributed by atoms with E-state index in [1.165, 1.54) is 32.1 Å². The lowest BCUT2D eigenvalue weighted by Crippen LogP contribution is -2.30. The molecule has 0 aromatic heterocycles. The minimum absolute atomic E-state index is 0.102. The lowest BCUT2D eigenvalue weighted by Gasteiger charge is -2.22. The maximum atomic E-state index is 12.2. The first-order chi connectivity index (χ1) is 9.20. The Hall–Kier alpha value is -1.71. The van der Waals surface area contributed by atoms with Gasteiger partial charge < -0.3 is 15.8 Å². The quantitative estimate of drug-likeness (QED) is 0.820. The molecule has 1 fully saturated rings. The molecule has 4 heteroatoms. The zero-order valence-corrected chi connectivity index (χ0v) is 11.4. The molecule has 1 aromatic carbocycles. The van der Waals surface area contributed by atoms with Gasteiger partial charge in [-0.1, -0.05) is 19.3 Å². The number of carbonyl (C=O) groups excluding carboxylic acids is 1. The summed E-state index contributed by atoms with van der Waals surface area (Å²) in [5.41, 5.74) is 6.81. The average Bonchev–Trinajstić information content (AvgIpc) is 2.46. The number of benzene rings is 1. The van der Waals surface area contributed by atoms with E-state index in [2.05, 4.69) is 5.32 Å². The molecule has 0 saturated heterocycles. The van der Waals surface area contributed by atoms with Gasteiger partial charge in [0, 0.05) is 12.2 Å². The van der Waals surface area contributed by atoms with Crippen LogP contribution in [0.2, 0.25) is 0 Å². The molecule has 4 nitrogen and oxygen atoms in total. The van der Waals surface area contributed by atoms with Crippen molar-refractivity contribution in [2.45, 2.75) is 32.1 Å². The maximum absolute atomic E-state index is 12.2. The van der Waals surface area contributed by atoms with E-state index in [-0.39, 0.29) is 5.91 Å². The summed E-state index contributed by atoms with van der Waals surface area (Å²) in [5.74, 6) is 1.08. The first-order valence-corrected chi connectivity index (χ1v) is 6.92. The van der Waals surface area contributed by atoms with E-state index in [9.17, 15) is 4.79 Å². The van der Waals surface area contributed by atoms with E-state index in [1.54, 1.807) is 25.3 Å². The Morgan fingerprint density at radius 2 is 2.11 bits per heavy atom. The number of methoxy groups -OCH3 is 1. The van der Waals surface area contributed by atoms with E-state index < -0.39 is 0 Å². The van der Waals surface area contributed by atoms with E-state index in [1.807, 2.05) is 0 Å². The molecule has 0 heterocycles. The lowest BCUT2D eigenvalue weighted by atomic mass is 9.89. The van der Waals surface area contributed by atoms with E-state index in [0.29, 0.717) is 22.9 Å². The molecule has 1 saturated carbocycles. The highest BCUT2D eigenvalue weighted by molar-refractivity contribution is 5.97. The lowest BCUT2D eigenvalue weighted by molar-refractivity contribution is 0.0940. The van der Waals surface area contributed by atoms with Crippen molar-refractivity contribution in [2.24, 2.45) is 5.92 Å². The van der Waals surface area contributed by atoms with Crippen molar-refractivity contribution < 1.29 is 9.53 Å². The van der Waals surface area contributed by atoms with E-state index >= 15 is 0 Å². The van der Waals surface area contributed by atoms with Gasteiger partial charge >= 0.3 is 0 Å². The van der Waals surface area contributed by atoms with Crippen LogP contribution < -0.4 is 15.8 Å².